The molecule has 0 N–H and O–H groups in total. The Morgan fingerprint density at radius 1 is 0.897 bits per heavy atom. The summed E-state index contributed by atoms with van der Waals surface area (Å²) >= 11 is 1.77. The molecule has 0 saturated carbocycles. The average molecular weight is 556 g/mol. The van der Waals surface area contributed by atoms with E-state index < -0.39 is 11.7 Å². The highest BCUT2D eigenvalue weighted by atomic mass is 32.1. The lowest BCUT2D eigenvalue weighted by Crippen LogP contribution is -2.51. The van der Waals surface area contributed by atoms with E-state index in [9.17, 15) is 22.8 Å². The summed E-state index contributed by atoms with van der Waals surface area (Å²) in [5, 5.41) is 2.13. The van der Waals surface area contributed by atoms with Crippen molar-refractivity contribution in [3.63, 3.8) is 0 Å². The van der Waals surface area contributed by atoms with Gasteiger partial charge in [0.15, 0.2) is 0 Å². The lowest BCUT2D eigenvalue weighted by molar-refractivity contribution is -0.138. The molecule has 2 aliphatic rings. The van der Waals surface area contributed by atoms with Crippen molar-refractivity contribution in [1.29, 1.82) is 0 Å². The monoisotopic (exact) mass is 555 g/mol. The van der Waals surface area contributed by atoms with Crippen LogP contribution < -0.4 is 0 Å². The first-order chi connectivity index (χ1) is 18.6. The first kappa shape index (κ1) is 27.4. The number of halogens is 3. The molecule has 2 aliphatic heterocycles. The van der Waals surface area contributed by atoms with E-state index in [0.29, 0.717) is 32.6 Å². The van der Waals surface area contributed by atoms with Crippen LogP contribution in [0.4, 0.5) is 13.2 Å². The predicted molar refractivity (Wildman–Crippen MR) is 146 cm³/mol. The summed E-state index contributed by atoms with van der Waals surface area (Å²) in [6, 6.07) is 14.5. The summed E-state index contributed by atoms with van der Waals surface area (Å²) in [5.41, 5.74) is 3.11. The lowest BCUT2D eigenvalue weighted by Gasteiger charge is -2.41. The molecule has 1 fully saturated rings. The number of carbonyl (C=O) groups excluding carboxylic acids is 2. The molecule has 2 atom stereocenters. The summed E-state index contributed by atoms with van der Waals surface area (Å²) in [7, 11) is 0. The molecule has 0 unspecified atom stereocenters. The van der Waals surface area contributed by atoms with Gasteiger partial charge in [0, 0.05) is 43.2 Å². The minimum atomic E-state index is -4.45. The van der Waals surface area contributed by atoms with Gasteiger partial charge in [-0.2, -0.15) is 13.2 Å². The van der Waals surface area contributed by atoms with Gasteiger partial charge < -0.3 is 9.80 Å². The van der Waals surface area contributed by atoms with E-state index in [0.717, 1.165) is 25.1 Å². The molecule has 0 spiro atoms. The van der Waals surface area contributed by atoms with Crippen LogP contribution in [0.5, 0.6) is 0 Å². The highest BCUT2D eigenvalue weighted by Crippen LogP contribution is 2.40. The molecular weight excluding hydrogens is 523 g/mol. The predicted octanol–water partition coefficient (Wildman–Crippen LogP) is 5.79. The first-order valence-electron chi connectivity index (χ1n) is 13.3. The summed E-state index contributed by atoms with van der Waals surface area (Å²) in [6.07, 6.45) is -2.93. The Morgan fingerprint density at radius 3 is 2.31 bits per heavy atom. The maximum atomic E-state index is 13.8. The van der Waals surface area contributed by atoms with E-state index in [1.54, 1.807) is 16.2 Å². The number of fused-ring (bicyclic) bond motifs is 1. The van der Waals surface area contributed by atoms with Crippen molar-refractivity contribution < 1.29 is 22.8 Å². The number of hydrogen-bond acceptors (Lipinski definition) is 4. The maximum Gasteiger partial charge on any atom is 0.416 e. The quantitative estimate of drug-likeness (QED) is 0.410. The van der Waals surface area contributed by atoms with Crippen molar-refractivity contribution in [2.45, 2.75) is 44.9 Å². The minimum Gasteiger partial charge on any atom is -0.340 e. The zero-order valence-electron chi connectivity index (χ0n) is 22.1. The molecule has 0 aliphatic carbocycles. The molecule has 0 bridgehead atoms. The van der Waals surface area contributed by atoms with Crippen LogP contribution >= 0.6 is 11.3 Å². The number of nitrogens with zero attached hydrogens (tertiary/aromatic N) is 3. The van der Waals surface area contributed by atoms with E-state index in [2.05, 4.69) is 35.4 Å². The summed E-state index contributed by atoms with van der Waals surface area (Å²) in [6.45, 7) is 6.58. The summed E-state index contributed by atoms with van der Waals surface area (Å²) in [5.74, 6) is -0.275. The Kier molecular flexibility index (Phi) is 7.82. The molecule has 3 aromatic rings. The van der Waals surface area contributed by atoms with Gasteiger partial charge in [-0.15, -0.1) is 11.3 Å². The molecule has 5 rings (SSSR count). The second-order valence-electron chi connectivity index (χ2n) is 10.3. The molecule has 5 nitrogen and oxygen atoms in total. The Bertz CT molecular complexity index is 1340. The van der Waals surface area contributed by atoms with E-state index in [-0.39, 0.29) is 29.5 Å². The third-order valence-corrected chi connectivity index (χ3v) is 8.89. The molecule has 9 heteroatoms. The van der Waals surface area contributed by atoms with E-state index in [4.69, 9.17) is 0 Å². The van der Waals surface area contributed by atoms with Gasteiger partial charge in [0.1, 0.15) is 0 Å². The molecule has 1 aromatic heterocycles. The highest BCUT2D eigenvalue weighted by molar-refractivity contribution is 7.10. The zero-order valence-corrected chi connectivity index (χ0v) is 22.9. The zero-order chi connectivity index (χ0) is 27.7. The third kappa shape index (κ3) is 5.61. The molecule has 1 saturated heterocycles. The van der Waals surface area contributed by atoms with Crippen LogP contribution in [-0.4, -0.2) is 65.3 Å². The number of carbonyl (C=O) groups is 2. The Hall–Kier alpha value is -3.17. The van der Waals surface area contributed by atoms with Crippen LogP contribution in [0.25, 0.3) is 0 Å². The van der Waals surface area contributed by atoms with Crippen LogP contribution in [0.15, 0.2) is 60.0 Å². The third-order valence-electron chi connectivity index (χ3n) is 7.90. The standard InChI is InChI=1S/C30H32F3N3O2S/c1-20-6-3-4-7-24(20)27-25-13-19-39-26(25)12-16-36(27)21(2)28(37)34-14-5-15-35(18-17-34)29(38)22-8-10-23(11-9-22)30(31,32)33/h3-4,6-11,13,19,21,27H,5,12,14-18H2,1-2H3/t21-,27-/m1/s1. The summed E-state index contributed by atoms with van der Waals surface area (Å²) in [4.78, 5) is 34.0. The topological polar surface area (TPSA) is 43.9 Å². The number of aryl methyl sites for hydroxylation is 1. The Balaban J connectivity index is 1.29. The van der Waals surface area contributed by atoms with Gasteiger partial charge in [-0.05, 0) is 79.1 Å². The van der Waals surface area contributed by atoms with Crippen LogP contribution in [0.1, 0.15) is 56.9 Å². The fourth-order valence-electron chi connectivity index (χ4n) is 5.72. The lowest BCUT2D eigenvalue weighted by atomic mass is 9.89. The Morgan fingerprint density at radius 2 is 1.59 bits per heavy atom. The Labute approximate surface area is 230 Å². The van der Waals surface area contributed by atoms with Gasteiger partial charge >= 0.3 is 6.18 Å². The minimum absolute atomic E-state index is 0.00451. The molecule has 2 amide bonds. The van der Waals surface area contributed by atoms with E-state index in [1.165, 1.54) is 33.7 Å². The van der Waals surface area contributed by atoms with Crippen molar-refractivity contribution in [3.05, 3.63) is 92.7 Å². The van der Waals surface area contributed by atoms with Crippen LogP contribution in [0.2, 0.25) is 0 Å². The largest absolute Gasteiger partial charge is 0.416 e. The number of amides is 2. The van der Waals surface area contributed by atoms with Gasteiger partial charge in [-0.3, -0.25) is 14.5 Å². The first-order valence-corrected chi connectivity index (χ1v) is 14.2. The number of rotatable bonds is 4. The van der Waals surface area contributed by atoms with Gasteiger partial charge in [0.05, 0.1) is 17.6 Å². The molecule has 0 radical (unpaired) electrons. The smallest absolute Gasteiger partial charge is 0.340 e. The van der Waals surface area contributed by atoms with Gasteiger partial charge in [0.25, 0.3) is 5.91 Å². The molecule has 206 valence electrons. The maximum absolute atomic E-state index is 13.8. The van der Waals surface area contributed by atoms with Gasteiger partial charge in [-0.25, -0.2) is 0 Å². The van der Waals surface area contributed by atoms with Gasteiger partial charge in [-0.1, -0.05) is 24.3 Å². The van der Waals surface area contributed by atoms with Crippen LogP contribution in [0.3, 0.4) is 0 Å². The van der Waals surface area contributed by atoms with Crippen LogP contribution in [-0.2, 0) is 17.4 Å². The molecular formula is C30H32F3N3O2S. The average Bonchev–Trinajstić information content (AvgIpc) is 3.27. The van der Waals surface area contributed by atoms with Crippen molar-refractivity contribution in [3.8, 4) is 0 Å². The summed E-state index contributed by atoms with van der Waals surface area (Å²) < 4.78 is 38.7. The fraction of sp³-hybridized carbons (Fsp3) is 0.400. The van der Waals surface area contributed by atoms with Gasteiger partial charge in [0.2, 0.25) is 5.91 Å². The van der Waals surface area contributed by atoms with Crippen LogP contribution in [0, 0.1) is 6.92 Å². The molecule has 3 heterocycles. The second kappa shape index (κ2) is 11.1. The van der Waals surface area contributed by atoms with Crippen molar-refractivity contribution >= 4 is 23.2 Å². The highest BCUT2D eigenvalue weighted by Gasteiger charge is 2.37. The molecule has 2 aromatic carbocycles. The normalized spacial score (nSPS) is 19.4. The number of alkyl halides is 3. The number of benzene rings is 2. The second-order valence-corrected chi connectivity index (χ2v) is 11.3. The van der Waals surface area contributed by atoms with Crippen molar-refractivity contribution in [2.75, 3.05) is 32.7 Å². The van der Waals surface area contributed by atoms with Crippen molar-refractivity contribution in [1.82, 2.24) is 14.7 Å². The molecule has 39 heavy (non-hydrogen) atoms. The fourth-order valence-corrected chi connectivity index (χ4v) is 6.63. The van der Waals surface area contributed by atoms with Crippen molar-refractivity contribution in [2.24, 2.45) is 0 Å². The number of hydrogen-bond donors (Lipinski definition) is 0. The van der Waals surface area contributed by atoms with E-state index >= 15 is 0 Å². The van der Waals surface area contributed by atoms with E-state index in [1.807, 2.05) is 24.0 Å². The SMILES string of the molecule is Cc1ccccc1[C@@H]1c2ccsc2CCN1[C@H](C)C(=O)N1CCCN(C(=O)c2ccc(C(F)(F)F)cc2)CC1. The number of thiophene rings is 1.